The van der Waals surface area contributed by atoms with Gasteiger partial charge in [-0.15, -0.1) is 0 Å². The van der Waals surface area contributed by atoms with Crippen molar-refractivity contribution in [2.75, 3.05) is 13.1 Å². The summed E-state index contributed by atoms with van der Waals surface area (Å²) in [6, 6.07) is 4.40. The fourth-order valence-corrected chi connectivity index (χ4v) is 4.20. The number of likely N-dealkylation sites (tertiary alicyclic amines) is 1. The lowest BCUT2D eigenvalue weighted by atomic mass is 9.92. The van der Waals surface area contributed by atoms with Gasteiger partial charge < -0.3 is 10.2 Å². The molecule has 1 unspecified atom stereocenters. The van der Waals surface area contributed by atoms with Crippen LogP contribution in [0.2, 0.25) is 10.0 Å². The van der Waals surface area contributed by atoms with Crippen molar-refractivity contribution in [2.24, 2.45) is 16.1 Å². The van der Waals surface area contributed by atoms with Gasteiger partial charge >= 0.3 is 11.8 Å². The number of halogens is 2. The molecule has 2 aliphatic rings. The molecule has 1 N–H and O–H groups in total. The molecule has 1 aromatic rings. The molecule has 1 aromatic carbocycles. The maximum Gasteiger partial charge on any atom is 0.312 e. The Labute approximate surface area is 211 Å². The van der Waals surface area contributed by atoms with E-state index in [1.807, 2.05) is 13.0 Å². The second-order valence-electron chi connectivity index (χ2n) is 7.51. The lowest BCUT2D eigenvalue weighted by molar-refractivity contribution is -0.147. The van der Waals surface area contributed by atoms with Gasteiger partial charge in [0.2, 0.25) is 0 Å². The lowest BCUT2D eigenvalue weighted by Crippen LogP contribution is -2.48. The topological polar surface area (TPSA) is 91.2 Å². The third kappa shape index (κ3) is 6.50. The SMILES string of the molecule is CCC(NC(=O)C(=O)N1CC[C@H](C(=O)Cc2ccc(Cl)c(Cl)c2)[C@@H]1C)C1=CCN=N1.S.S. The number of amides is 2. The van der Waals surface area contributed by atoms with Gasteiger partial charge in [-0.3, -0.25) is 14.4 Å². The van der Waals surface area contributed by atoms with Crippen molar-refractivity contribution in [3.63, 3.8) is 0 Å². The van der Waals surface area contributed by atoms with E-state index in [1.54, 1.807) is 25.1 Å². The standard InChI is InChI=1S/C21H24Cl2N4O3.2H2S/c1-3-17(18-6-8-24-26-18)25-20(29)21(30)27-9-7-14(12(27)2)19(28)11-13-4-5-15(22)16(23)10-13;;/h4-6,10,12,14,17H,3,7-9,11H2,1-2H3,(H,25,29);2*1H2/t12-,14-,17?;;/m0../s1. The molecule has 7 nitrogen and oxygen atoms in total. The van der Waals surface area contributed by atoms with Crippen LogP contribution in [0, 0.1) is 5.92 Å². The van der Waals surface area contributed by atoms with Gasteiger partial charge in [0.05, 0.1) is 28.3 Å². The highest BCUT2D eigenvalue weighted by Gasteiger charge is 2.40. The van der Waals surface area contributed by atoms with Gasteiger partial charge in [-0.1, -0.05) is 36.2 Å². The van der Waals surface area contributed by atoms with E-state index in [0.717, 1.165) is 5.56 Å². The normalized spacial score (nSPS) is 20.1. The minimum atomic E-state index is -0.686. The van der Waals surface area contributed by atoms with Gasteiger partial charge in [-0.25, -0.2) is 0 Å². The molecule has 0 bridgehead atoms. The molecule has 1 fully saturated rings. The van der Waals surface area contributed by atoms with Crippen LogP contribution in [0.25, 0.3) is 0 Å². The molecule has 2 aliphatic heterocycles. The summed E-state index contributed by atoms with van der Waals surface area (Å²) in [5, 5.41) is 11.5. The number of azo groups is 1. The number of carbonyl (C=O) groups excluding carboxylic acids is 3. The van der Waals surface area contributed by atoms with Crippen LogP contribution in [0.1, 0.15) is 32.3 Å². The number of carbonyl (C=O) groups is 3. The van der Waals surface area contributed by atoms with Gasteiger partial charge in [0, 0.05) is 24.9 Å². The number of rotatable bonds is 6. The van der Waals surface area contributed by atoms with E-state index < -0.39 is 11.8 Å². The average Bonchev–Trinajstić information content (AvgIpc) is 3.38. The number of Topliss-reactive ketones (excluding diaryl/α,β-unsaturated/α-hetero) is 1. The van der Waals surface area contributed by atoms with Crippen molar-refractivity contribution in [1.29, 1.82) is 0 Å². The van der Waals surface area contributed by atoms with Crippen molar-refractivity contribution < 1.29 is 14.4 Å². The summed E-state index contributed by atoms with van der Waals surface area (Å²) in [6.45, 7) is 4.56. The fourth-order valence-electron chi connectivity index (χ4n) is 3.88. The van der Waals surface area contributed by atoms with Crippen molar-refractivity contribution in [2.45, 2.75) is 45.2 Å². The smallest absolute Gasteiger partial charge is 0.312 e. The van der Waals surface area contributed by atoms with Gasteiger partial charge in [-0.05, 0) is 43.5 Å². The van der Waals surface area contributed by atoms with Crippen LogP contribution in [0.5, 0.6) is 0 Å². The molecule has 0 radical (unpaired) electrons. The molecular weight excluding hydrogens is 491 g/mol. The Balaban J connectivity index is 0.00000256. The fraction of sp³-hybridized carbons (Fsp3) is 0.476. The second-order valence-corrected chi connectivity index (χ2v) is 8.33. The van der Waals surface area contributed by atoms with Crippen molar-refractivity contribution in [1.82, 2.24) is 10.2 Å². The first-order chi connectivity index (χ1) is 14.3. The summed E-state index contributed by atoms with van der Waals surface area (Å²) >= 11 is 12.0. The number of hydrogen-bond acceptors (Lipinski definition) is 5. The zero-order chi connectivity index (χ0) is 21.8. The van der Waals surface area contributed by atoms with E-state index in [0.29, 0.717) is 41.7 Å². The molecule has 1 saturated heterocycles. The minimum absolute atomic E-state index is 0. The molecule has 0 spiro atoms. The Bertz CT molecular complexity index is 926. The maximum atomic E-state index is 12.8. The highest BCUT2D eigenvalue weighted by atomic mass is 35.5. The Morgan fingerprint density at radius 3 is 2.53 bits per heavy atom. The number of nitrogens with zero attached hydrogens (tertiary/aromatic N) is 3. The van der Waals surface area contributed by atoms with Crippen LogP contribution >= 0.6 is 50.2 Å². The zero-order valence-corrected chi connectivity index (χ0v) is 21.4. The predicted octanol–water partition coefficient (Wildman–Crippen LogP) is 3.81. The highest BCUT2D eigenvalue weighted by Crippen LogP contribution is 2.28. The molecule has 11 heteroatoms. The summed E-state index contributed by atoms with van der Waals surface area (Å²) in [7, 11) is 0. The van der Waals surface area contributed by atoms with Gasteiger partial charge in [-0.2, -0.15) is 37.2 Å². The molecule has 0 saturated carbocycles. The summed E-state index contributed by atoms with van der Waals surface area (Å²) < 4.78 is 0. The van der Waals surface area contributed by atoms with E-state index in [9.17, 15) is 14.4 Å². The van der Waals surface area contributed by atoms with Gasteiger partial charge in [0.1, 0.15) is 5.78 Å². The van der Waals surface area contributed by atoms with E-state index in [4.69, 9.17) is 23.2 Å². The third-order valence-corrected chi connectivity index (χ3v) is 6.36. The quantitative estimate of drug-likeness (QED) is 0.580. The number of benzene rings is 1. The largest absolute Gasteiger partial charge is 0.339 e. The van der Waals surface area contributed by atoms with E-state index >= 15 is 0 Å². The summed E-state index contributed by atoms with van der Waals surface area (Å²) in [6.07, 6.45) is 3.16. The predicted molar refractivity (Wildman–Crippen MR) is 135 cm³/mol. The third-order valence-electron chi connectivity index (χ3n) is 5.62. The summed E-state index contributed by atoms with van der Waals surface area (Å²) in [4.78, 5) is 39.5. The monoisotopic (exact) mass is 518 g/mol. The molecule has 2 amide bonds. The first-order valence-corrected chi connectivity index (χ1v) is 10.7. The first-order valence-electron chi connectivity index (χ1n) is 9.97. The first kappa shape index (κ1) is 28.5. The maximum absolute atomic E-state index is 12.8. The molecule has 2 heterocycles. The summed E-state index contributed by atoms with van der Waals surface area (Å²) in [5.41, 5.74) is 1.44. The van der Waals surface area contributed by atoms with E-state index in [2.05, 4.69) is 15.5 Å². The second kappa shape index (κ2) is 12.6. The molecular formula is C21H28Cl2N4O3S2. The highest BCUT2D eigenvalue weighted by molar-refractivity contribution is 7.59. The molecule has 176 valence electrons. The zero-order valence-electron chi connectivity index (χ0n) is 17.9. The van der Waals surface area contributed by atoms with Crippen molar-refractivity contribution in [3.8, 4) is 0 Å². The molecule has 0 aliphatic carbocycles. The Morgan fingerprint density at radius 1 is 1.22 bits per heavy atom. The molecule has 3 atom stereocenters. The minimum Gasteiger partial charge on any atom is -0.339 e. The summed E-state index contributed by atoms with van der Waals surface area (Å²) in [5.74, 6) is -1.63. The van der Waals surface area contributed by atoms with Crippen molar-refractivity contribution in [3.05, 3.63) is 45.6 Å². The van der Waals surface area contributed by atoms with Crippen LogP contribution in [-0.4, -0.2) is 47.7 Å². The van der Waals surface area contributed by atoms with Gasteiger partial charge in [0.25, 0.3) is 0 Å². The Kier molecular flexibility index (Phi) is 11.2. The van der Waals surface area contributed by atoms with E-state index in [1.165, 1.54) is 4.90 Å². The molecule has 32 heavy (non-hydrogen) atoms. The Hall–Kier alpha value is -1.55. The van der Waals surface area contributed by atoms with E-state index in [-0.39, 0.29) is 57.2 Å². The number of nitrogens with one attached hydrogen (secondary N) is 1. The lowest BCUT2D eigenvalue weighted by Gasteiger charge is -2.25. The van der Waals surface area contributed by atoms with Crippen LogP contribution in [-0.2, 0) is 20.8 Å². The Morgan fingerprint density at radius 2 is 1.94 bits per heavy atom. The van der Waals surface area contributed by atoms with Gasteiger partial charge in [0.15, 0.2) is 0 Å². The molecule has 3 rings (SSSR count). The van der Waals surface area contributed by atoms with Crippen LogP contribution < -0.4 is 5.32 Å². The average molecular weight is 520 g/mol. The number of ketones is 1. The van der Waals surface area contributed by atoms with Crippen LogP contribution in [0.15, 0.2) is 40.2 Å². The van der Waals surface area contributed by atoms with Crippen LogP contribution in [0.3, 0.4) is 0 Å². The van der Waals surface area contributed by atoms with Crippen molar-refractivity contribution >= 4 is 67.8 Å². The van der Waals surface area contributed by atoms with Crippen LogP contribution in [0.4, 0.5) is 0 Å². The number of hydrogen-bond donors (Lipinski definition) is 1. The molecule has 0 aromatic heterocycles.